The third kappa shape index (κ3) is 3.82. The van der Waals surface area contributed by atoms with Crippen LogP contribution in [0.1, 0.15) is 13.8 Å². The number of hydrogen-bond donors (Lipinski definition) is 0. The number of oxazole rings is 1. The highest BCUT2D eigenvalue weighted by Crippen LogP contribution is 2.36. The molecule has 1 aromatic heterocycles. The van der Waals surface area contributed by atoms with Gasteiger partial charge in [0.15, 0.2) is 0 Å². The van der Waals surface area contributed by atoms with E-state index in [4.69, 9.17) is 9.15 Å². The number of morpholine rings is 1. The lowest BCUT2D eigenvalue weighted by Crippen LogP contribution is -2.45. The molecule has 2 heterocycles. The standard InChI is InChI=1S/C21H20F2N2O4S/c1-13-11-25(12-14(2)28-13)21-20(30(26,27)16-9-7-15(22)8-10-16)24-19(29-21)17-5-3-4-6-18(17)23/h3-10,13-14H,11-12H2,1-2H3/t13-,14-/m1/s1. The van der Waals surface area contributed by atoms with Gasteiger partial charge in [-0.1, -0.05) is 12.1 Å². The quantitative estimate of drug-likeness (QED) is 0.577. The van der Waals surface area contributed by atoms with Gasteiger partial charge >= 0.3 is 0 Å². The van der Waals surface area contributed by atoms with Crippen LogP contribution in [0.2, 0.25) is 0 Å². The van der Waals surface area contributed by atoms with Crippen molar-refractivity contribution in [3.63, 3.8) is 0 Å². The van der Waals surface area contributed by atoms with Crippen LogP contribution in [-0.4, -0.2) is 38.7 Å². The maximum Gasteiger partial charge on any atom is 0.236 e. The third-order valence-electron chi connectivity index (χ3n) is 4.77. The number of aromatic nitrogens is 1. The fourth-order valence-corrected chi connectivity index (χ4v) is 4.81. The predicted octanol–water partition coefficient (Wildman–Crippen LogP) is 4.07. The van der Waals surface area contributed by atoms with E-state index < -0.39 is 21.5 Å². The summed E-state index contributed by atoms with van der Waals surface area (Å²) >= 11 is 0. The van der Waals surface area contributed by atoms with Crippen LogP contribution in [0.5, 0.6) is 0 Å². The highest BCUT2D eigenvalue weighted by atomic mass is 32.2. The molecule has 6 nitrogen and oxygen atoms in total. The van der Waals surface area contributed by atoms with Gasteiger partial charge in [-0.2, -0.15) is 4.98 Å². The van der Waals surface area contributed by atoms with E-state index in [0.29, 0.717) is 13.1 Å². The molecule has 0 saturated carbocycles. The van der Waals surface area contributed by atoms with Crippen LogP contribution >= 0.6 is 0 Å². The van der Waals surface area contributed by atoms with Crippen LogP contribution in [0.25, 0.3) is 11.5 Å². The number of sulfone groups is 1. The first-order valence-electron chi connectivity index (χ1n) is 9.42. The van der Waals surface area contributed by atoms with Gasteiger partial charge in [-0.05, 0) is 50.2 Å². The summed E-state index contributed by atoms with van der Waals surface area (Å²) in [6.45, 7) is 4.49. The molecule has 0 unspecified atom stereocenters. The summed E-state index contributed by atoms with van der Waals surface area (Å²) in [6, 6.07) is 10.3. The van der Waals surface area contributed by atoms with E-state index in [1.165, 1.54) is 18.2 Å². The van der Waals surface area contributed by atoms with Crippen molar-refractivity contribution in [2.24, 2.45) is 0 Å². The molecule has 2 aromatic carbocycles. The van der Waals surface area contributed by atoms with Gasteiger partial charge in [0.2, 0.25) is 26.6 Å². The van der Waals surface area contributed by atoms with Crippen molar-refractivity contribution in [3.05, 3.63) is 60.2 Å². The Balaban J connectivity index is 1.87. The topological polar surface area (TPSA) is 72.6 Å². The highest BCUT2D eigenvalue weighted by Gasteiger charge is 2.34. The van der Waals surface area contributed by atoms with Crippen molar-refractivity contribution in [1.82, 2.24) is 4.98 Å². The van der Waals surface area contributed by atoms with Crippen molar-refractivity contribution in [2.45, 2.75) is 36.0 Å². The van der Waals surface area contributed by atoms with Crippen LogP contribution in [0.4, 0.5) is 14.7 Å². The monoisotopic (exact) mass is 434 g/mol. The minimum Gasteiger partial charge on any atom is -0.419 e. The summed E-state index contributed by atoms with van der Waals surface area (Å²) < 4.78 is 65.8. The number of benzene rings is 2. The van der Waals surface area contributed by atoms with Gasteiger partial charge in [0.1, 0.15) is 11.6 Å². The molecule has 1 saturated heterocycles. The Morgan fingerprint density at radius 1 is 1.00 bits per heavy atom. The summed E-state index contributed by atoms with van der Waals surface area (Å²) in [5, 5.41) is -0.339. The average Bonchev–Trinajstić information content (AvgIpc) is 3.14. The predicted molar refractivity (Wildman–Crippen MR) is 106 cm³/mol. The molecule has 1 aliphatic heterocycles. The molecule has 9 heteroatoms. The van der Waals surface area contributed by atoms with Gasteiger partial charge in [-0.25, -0.2) is 17.2 Å². The summed E-state index contributed by atoms with van der Waals surface area (Å²) in [7, 11) is -4.15. The van der Waals surface area contributed by atoms with Gasteiger partial charge in [-0.15, -0.1) is 0 Å². The first-order valence-corrected chi connectivity index (χ1v) is 10.9. The Labute approximate surface area is 173 Å². The minimum absolute atomic E-state index is 0.0135. The Morgan fingerprint density at radius 3 is 2.27 bits per heavy atom. The van der Waals surface area contributed by atoms with E-state index in [1.54, 1.807) is 11.0 Å². The van der Waals surface area contributed by atoms with Crippen molar-refractivity contribution in [1.29, 1.82) is 0 Å². The first-order chi connectivity index (χ1) is 14.3. The number of anilines is 1. The second kappa shape index (κ2) is 7.81. The van der Waals surface area contributed by atoms with Crippen molar-refractivity contribution < 1.29 is 26.4 Å². The van der Waals surface area contributed by atoms with E-state index in [1.807, 2.05) is 13.8 Å². The largest absolute Gasteiger partial charge is 0.419 e. The molecule has 4 rings (SSSR count). The van der Waals surface area contributed by atoms with E-state index in [-0.39, 0.29) is 39.5 Å². The minimum atomic E-state index is -4.15. The van der Waals surface area contributed by atoms with E-state index >= 15 is 0 Å². The normalized spacial score (nSPS) is 19.8. The lowest BCUT2D eigenvalue weighted by molar-refractivity contribution is -0.00657. The Kier molecular flexibility index (Phi) is 5.33. The molecule has 0 amide bonds. The molecule has 0 N–H and O–H groups in total. The molecular weight excluding hydrogens is 414 g/mol. The highest BCUT2D eigenvalue weighted by molar-refractivity contribution is 7.91. The lowest BCUT2D eigenvalue weighted by Gasteiger charge is -2.35. The van der Waals surface area contributed by atoms with Gasteiger partial charge in [0, 0.05) is 13.1 Å². The molecule has 3 aromatic rings. The smallest absolute Gasteiger partial charge is 0.236 e. The maximum absolute atomic E-state index is 14.3. The second-order valence-corrected chi connectivity index (χ2v) is 9.09. The zero-order valence-corrected chi connectivity index (χ0v) is 17.2. The van der Waals surface area contributed by atoms with E-state index in [2.05, 4.69) is 4.98 Å². The van der Waals surface area contributed by atoms with Gasteiger partial charge in [0.05, 0.1) is 22.7 Å². The molecule has 1 fully saturated rings. The molecule has 0 radical (unpaired) electrons. The number of rotatable bonds is 4. The second-order valence-electron chi connectivity index (χ2n) is 7.23. The zero-order valence-electron chi connectivity index (χ0n) is 16.4. The van der Waals surface area contributed by atoms with E-state index in [0.717, 1.165) is 24.3 Å². The Bertz CT molecular complexity index is 1150. The molecular formula is C21H20F2N2O4S. The first kappa shape index (κ1) is 20.5. The van der Waals surface area contributed by atoms with Crippen molar-refractivity contribution in [2.75, 3.05) is 18.0 Å². The number of halogens is 2. The Hall–Kier alpha value is -2.78. The number of hydrogen-bond acceptors (Lipinski definition) is 6. The van der Waals surface area contributed by atoms with Crippen LogP contribution in [-0.2, 0) is 14.6 Å². The summed E-state index contributed by atoms with van der Waals surface area (Å²) in [5.74, 6) is -1.27. The van der Waals surface area contributed by atoms with Crippen LogP contribution in [0, 0.1) is 11.6 Å². The summed E-state index contributed by atoms with van der Waals surface area (Å²) in [5.41, 5.74) is 0.0497. The zero-order chi connectivity index (χ0) is 21.5. The van der Waals surface area contributed by atoms with Gasteiger partial charge < -0.3 is 14.1 Å². The fourth-order valence-electron chi connectivity index (χ4n) is 3.49. The summed E-state index contributed by atoms with van der Waals surface area (Å²) in [6.07, 6.45) is -0.339. The molecule has 30 heavy (non-hydrogen) atoms. The van der Waals surface area contributed by atoms with Gasteiger partial charge in [0.25, 0.3) is 0 Å². The van der Waals surface area contributed by atoms with Crippen LogP contribution in [0.3, 0.4) is 0 Å². The molecule has 0 aliphatic carbocycles. The number of ether oxygens (including phenoxy) is 1. The molecule has 1 aliphatic rings. The Morgan fingerprint density at radius 2 is 1.63 bits per heavy atom. The van der Waals surface area contributed by atoms with Crippen LogP contribution in [0.15, 0.2) is 62.9 Å². The fraction of sp³-hybridized carbons (Fsp3) is 0.286. The lowest BCUT2D eigenvalue weighted by atomic mass is 10.2. The molecule has 158 valence electrons. The van der Waals surface area contributed by atoms with E-state index in [9.17, 15) is 17.2 Å². The molecule has 0 bridgehead atoms. The molecule has 2 atom stereocenters. The van der Waals surface area contributed by atoms with Gasteiger partial charge in [-0.3, -0.25) is 0 Å². The maximum atomic E-state index is 14.3. The molecule has 0 spiro atoms. The third-order valence-corrected chi connectivity index (χ3v) is 6.44. The number of nitrogens with zero attached hydrogens (tertiary/aromatic N) is 2. The average molecular weight is 434 g/mol. The SMILES string of the molecule is C[C@@H]1CN(c2oc(-c3ccccc3F)nc2S(=O)(=O)c2ccc(F)cc2)C[C@@H](C)O1. The van der Waals surface area contributed by atoms with Crippen molar-refractivity contribution in [3.8, 4) is 11.5 Å². The van der Waals surface area contributed by atoms with Crippen molar-refractivity contribution >= 4 is 15.7 Å². The van der Waals surface area contributed by atoms with Crippen LogP contribution < -0.4 is 4.90 Å². The summed E-state index contributed by atoms with van der Waals surface area (Å²) in [4.78, 5) is 5.76.